The zero-order valence-electron chi connectivity index (χ0n) is 26.4. The van der Waals surface area contributed by atoms with Crippen molar-refractivity contribution in [2.24, 2.45) is 21.7 Å². The molecule has 6 rings (SSSR count). The molecule has 0 heterocycles. The van der Waals surface area contributed by atoms with E-state index in [0.717, 1.165) is 12.2 Å². The van der Waals surface area contributed by atoms with Crippen molar-refractivity contribution in [2.75, 3.05) is 0 Å². The number of benzene rings is 4. The van der Waals surface area contributed by atoms with Crippen LogP contribution in [-0.2, 0) is 31.3 Å². The highest BCUT2D eigenvalue weighted by atomic mass is 35.5. The molecule has 48 heavy (non-hydrogen) atoms. The third-order valence-electron chi connectivity index (χ3n) is 8.83. The van der Waals surface area contributed by atoms with Crippen LogP contribution in [0.1, 0.15) is 33.4 Å². The summed E-state index contributed by atoms with van der Waals surface area (Å²) in [4.78, 5) is 0. The van der Waals surface area contributed by atoms with Gasteiger partial charge in [0, 0.05) is 21.2 Å². The number of nitrogens with one attached hydrogen (secondary N) is 2. The Labute approximate surface area is 288 Å². The largest absolute Gasteiger partial charge is 0.316 e. The standard InChI is InChI=1S/C32H26Cl2N6O6S2/c33-25-13-17(9-11-23(25)31(35)21-7-3-1-5-19(21)27(39-37)15-29(31)47(41,42)43)18-10-12-24(26(34)14-18)32(36)22-8-4-2-6-20(22)28(40-38)16-30(32)48(44,45)46/h1-16,29-30,37-38H,35-36H2,(H,41,42,43)(H,44,45,46)/b39-37+,40-38+. The molecule has 4 unspecified atom stereocenters. The van der Waals surface area contributed by atoms with Crippen molar-refractivity contribution in [1.29, 1.82) is 11.0 Å². The lowest BCUT2D eigenvalue weighted by Crippen LogP contribution is -2.53. The molecule has 0 aromatic heterocycles. The molecule has 16 heteroatoms. The minimum absolute atomic E-state index is 0.0313. The van der Waals surface area contributed by atoms with Gasteiger partial charge in [0.25, 0.3) is 20.2 Å². The molecule has 2 aliphatic rings. The second-order valence-electron chi connectivity index (χ2n) is 11.4. The number of hydrogen-bond donors (Lipinski definition) is 6. The van der Waals surface area contributed by atoms with Gasteiger partial charge in [-0.05, 0) is 57.7 Å². The van der Waals surface area contributed by atoms with Crippen molar-refractivity contribution in [3.8, 4) is 11.1 Å². The molecule has 246 valence electrons. The first-order chi connectivity index (χ1) is 23.6. The third-order valence-corrected chi connectivity index (χ3v) is 11.8. The summed E-state index contributed by atoms with van der Waals surface area (Å²) in [5.41, 5.74) is 18.8. The van der Waals surface area contributed by atoms with Gasteiger partial charge in [-0.2, -0.15) is 27.1 Å². The summed E-state index contributed by atoms with van der Waals surface area (Å²) < 4.78 is 86.0. The molecule has 0 amide bonds. The molecule has 0 fully saturated rings. The topological polar surface area (TPSA) is 233 Å². The second-order valence-corrected chi connectivity index (χ2v) is 15.3. The fourth-order valence-corrected chi connectivity index (χ4v) is 9.37. The van der Waals surface area contributed by atoms with Crippen LogP contribution in [0.25, 0.3) is 22.5 Å². The molecule has 12 nitrogen and oxygen atoms in total. The minimum atomic E-state index is -4.86. The maximum atomic E-state index is 12.7. The summed E-state index contributed by atoms with van der Waals surface area (Å²) >= 11 is 13.7. The van der Waals surface area contributed by atoms with Gasteiger partial charge >= 0.3 is 0 Å². The van der Waals surface area contributed by atoms with Crippen molar-refractivity contribution in [3.63, 3.8) is 0 Å². The lowest BCUT2D eigenvalue weighted by molar-refractivity contribution is 0.436. The van der Waals surface area contributed by atoms with Gasteiger partial charge in [0.05, 0.1) is 22.5 Å². The molecule has 4 aromatic rings. The summed E-state index contributed by atoms with van der Waals surface area (Å²) in [6.45, 7) is 0. The minimum Gasteiger partial charge on any atom is -0.316 e. The van der Waals surface area contributed by atoms with Gasteiger partial charge in [0.15, 0.2) is 0 Å². The van der Waals surface area contributed by atoms with Gasteiger partial charge in [-0.15, -0.1) is 0 Å². The van der Waals surface area contributed by atoms with E-state index in [1.54, 1.807) is 60.7 Å². The van der Waals surface area contributed by atoms with E-state index in [0.29, 0.717) is 22.3 Å². The number of hydrogen-bond acceptors (Lipinski definition) is 10. The Kier molecular flexibility index (Phi) is 7.65. The quantitative estimate of drug-likeness (QED) is 0.0926. The first-order valence-electron chi connectivity index (χ1n) is 14.9. The van der Waals surface area contributed by atoms with Crippen molar-refractivity contribution < 1.29 is 28.8 Å². The van der Waals surface area contributed by atoms with Crippen molar-refractivity contribution in [1.82, 2.24) is 0 Å². The molecule has 2 aliphatic carbocycles. The first kappa shape index (κ1) is 31.2. The molecule has 0 bridgehead atoms. The fraction of sp³-hybridized carbons (Fsp3) is 0.125. The number of nitrogens with two attached hydrogens (primary N) is 2. The molecule has 0 spiro atoms. The lowest BCUT2D eigenvalue weighted by atomic mass is 9.74. The zero-order chi connectivity index (χ0) is 36.2. The van der Waals surface area contributed by atoms with Gasteiger partial charge in [-0.25, -0.2) is 11.0 Å². The summed E-state index contributed by atoms with van der Waals surface area (Å²) in [6, 6.07) is 22.3. The van der Waals surface area contributed by atoms with Crippen LogP contribution in [0.3, 0.4) is 0 Å². The summed E-state index contributed by atoms with van der Waals surface area (Å²) in [5, 5.41) is 4.01. The highest BCUT2D eigenvalue weighted by Gasteiger charge is 2.51. The number of fused-ring (bicyclic) bond motifs is 2. The molecular weight excluding hydrogens is 699 g/mol. The molecule has 8 N–H and O–H groups in total. The Hall–Kier alpha value is -4.12. The molecule has 0 radical (unpaired) electrons. The van der Waals surface area contributed by atoms with E-state index in [-0.39, 0.29) is 43.7 Å². The Morgan fingerprint density at radius 2 is 1.02 bits per heavy atom. The maximum absolute atomic E-state index is 12.7. The monoisotopic (exact) mass is 724 g/mol. The third kappa shape index (κ3) is 5.21. The van der Waals surface area contributed by atoms with Gasteiger partial charge in [0.2, 0.25) is 2.82 Å². The Balaban J connectivity index is 1.47. The lowest BCUT2D eigenvalue weighted by Gasteiger charge is -2.40. The molecule has 0 saturated heterocycles. The zero-order valence-corrected chi connectivity index (χ0v) is 27.6. The van der Waals surface area contributed by atoms with Crippen molar-refractivity contribution in [3.05, 3.63) is 141 Å². The maximum Gasteiger partial charge on any atom is 0.274 e. The SMILES string of the molecule is [H]/N=N/C1=CC(S(=O)(=O)O)C(N)(c2ccc(-c3ccc(C4(N)c5ccccc5C(/N=N/[H])=CC4S(=O)(=O)O)c(Cl)c3)cc2Cl)c2ccccc21. The number of halogens is 2. The highest BCUT2D eigenvalue weighted by molar-refractivity contribution is 7.87. The van der Waals surface area contributed by atoms with Crippen LogP contribution in [0.5, 0.6) is 0 Å². The highest BCUT2D eigenvalue weighted by Crippen LogP contribution is 2.48. The van der Waals surface area contributed by atoms with E-state index in [2.05, 4.69) is 21.3 Å². The van der Waals surface area contributed by atoms with E-state index < -0.39 is 41.8 Å². The first-order valence-corrected chi connectivity index (χ1v) is 17.8. The van der Waals surface area contributed by atoms with Gasteiger partial charge in [0.1, 0.15) is 10.5 Å². The summed E-state index contributed by atoms with van der Waals surface area (Å²) in [5.74, 6) is 0. The average molecular weight is 726 g/mol. The normalized spacial score (nSPS) is 24.8. The van der Waals surface area contributed by atoms with Gasteiger partial charge < -0.3 is 11.5 Å². The van der Waals surface area contributed by atoms with Crippen LogP contribution in [0.4, 0.5) is 0 Å². The van der Waals surface area contributed by atoms with Crippen LogP contribution in [0.2, 0.25) is 12.9 Å². The Morgan fingerprint density at radius 3 is 1.35 bits per heavy atom. The summed E-state index contributed by atoms with van der Waals surface area (Å²) in [6.07, 6.45) is 2.25. The molecule has 0 saturated carbocycles. The smallest absolute Gasteiger partial charge is 0.274 e. The molecule has 4 aromatic carbocycles. The van der Waals surface area contributed by atoms with Crippen molar-refractivity contribution >= 4 is 54.8 Å². The Morgan fingerprint density at radius 1 is 0.646 bits per heavy atom. The number of nitrogens with zero attached hydrogens (tertiary/aromatic N) is 2. The predicted octanol–water partition coefficient (Wildman–Crippen LogP) is 6.35. The second kappa shape index (κ2) is 11.8. The molecular formula is C32H26Cl2N6O6S2. The summed E-state index contributed by atoms with van der Waals surface area (Å²) in [7, 11) is -9.72. The van der Waals surface area contributed by atoms with Crippen LogP contribution in [0, 0.1) is 11.0 Å². The van der Waals surface area contributed by atoms with E-state index in [4.69, 9.17) is 37.5 Å². The van der Waals surface area contributed by atoms with E-state index in [1.165, 1.54) is 24.3 Å². The van der Waals surface area contributed by atoms with Crippen LogP contribution in [0.15, 0.2) is 107 Å². The molecule has 4 atom stereocenters. The Bertz CT molecular complexity index is 2240. The van der Waals surface area contributed by atoms with E-state index >= 15 is 0 Å². The van der Waals surface area contributed by atoms with Crippen LogP contribution in [-0.4, -0.2) is 36.4 Å². The van der Waals surface area contributed by atoms with Crippen LogP contribution >= 0.6 is 23.2 Å². The fourth-order valence-electron chi connectivity index (χ4n) is 6.64. The average Bonchev–Trinajstić information content (AvgIpc) is 3.06. The van der Waals surface area contributed by atoms with E-state index in [1.807, 2.05) is 0 Å². The molecule has 0 aliphatic heterocycles. The number of rotatable bonds is 7. The van der Waals surface area contributed by atoms with Gasteiger partial charge in [-0.3, -0.25) is 9.11 Å². The van der Waals surface area contributed by atoms with Gasteiger partial charge in [-0.1, -0.05) is 96.0 Å². The van der Waals surface area contributed by atoms with E-state index in [9.17, 15) is 25.9 Å². The van der Waals surface area contributed by atoms with Crippen molar-refractivity contribution in [2.45, 2.75) is 21.6 Å². The van der Waals surface area contributed by atoms with Crippen LogP contribution < -0.4 is 11.5 Å². The predicted molar refractivity (Wildman–Crippen MR) is 182 cm³/mol.